The largest absolute Gasteiger partial charge is 0.490 e. The molecule has 0 spiro atoms. The Balaban J connectivity index is 1.69. The first kappa shape index (κ1) is 26.2. The molecule has 7 unspecified atom stereocenters. The number of aliphatic hydroxyl groups is 2. The summed E-state index contributed by atoms with van der Waals surface area (Å²) in [4.78, 5) is 40.2. The molecule has 18 nitrogen and oxygen atoms in total. The lowest BCUT2D eigenvalue weighted by Crippen LogP contribution is -2.33. The van der Waals surface area contributed by atoms with E-state index in [-0.39, 0.29) is 5.65 Å². The zero-order valence-electron chi connectivity index (χ0n) is 16.8. The van der Waals surface area contributed by atoms with E-state index in [4.69, 9.17) is 9.63 Å². The van der Waals surface area contributed by atoms with Crippen LogP contribution in [0.2, 0.25) is 0 Å². The van der Waals surface area contributed by atoms with Gasteiger partial charge in [-0.3, -0.25) is 13.6 Å². The van der Waals surface area contributed by atoms with Crippen molar-refractivity contribution in [1.82, 2.24) is 19.5 Å². The summed E-state index contributed by atoms with van der Waals surface area (Å²) in [7, 11) is -13.7. The number of nitrogens with one attached hydrogen (secondary N) is 1. The van der Waals surface area contributed by atoms with Crippen LogP contribution < -0.4 is 5.32 Å². The minimum Gasteiger partial charge on any atom is -0.387 e. The highest BCUT2D eigenvalue weighted by Crippen LogP contribution is 2.67. The molecule has 1 aliphatic rings. The number of nitrogens with zero attached hydrogens (tertiary/aromatic N) is 4. The van der Waals surface area contributed by atoms with E-state index in [1.54, 1.807) is 7.05 Å². The first-order valence-electron chi connectivity index (χ1n) is 8.77. The van der Waals surface area contributed by atoms with Gasteiger partial charge in [-0.25, -0.2) is 28.6 Å². The normalized spacial score (nSPS) is 28.8. The van der Waals surface area contributed by atoms with E-state index in [1.807, 2.05) is 0 Å². The number of phosphoric acid groups is 3. The van der Waals surface area contributed by atoms with Gasteiger partial charge in [0.25, 0.3) is 0 Å². The van der Waals surface area contributed by atoms with Crippen LogP contribution in [0.3, 0.4) is 0 Å². The number of rotatable bonds is 10. The van der Waals surface area contributed by atoms with E-state index in [2.05, 4.69) is 37.9 Å². The van der Waals surface area contributed by atoms with Crippen LogP contribution in [0.4, 0.5) is 5.82 Å². The van der Waals surface area contributed by atoms with E-state index in [0.29, 0.717) is 18.4 Å². The lowest BCUT2D eigenvalue weighted by Gasteiger charge is -2.19. The molecule has 0 aromatic carbocycles. The molecule has 33 heavy (non-hydrogen) atoms. The Hall–Kier alpha value is -1.36. The third kappa shape index (κ3) is 6.01. The number of anilines is 1. The fourth-order valence-electron chi connectivity index (χ4n) is 2.82. The highest BCUT2D eigenvalue weighted by Gasteiger charge is 2.47. The SMILES string of the molecule is CNc1ncnc2c1ncn2C1OC(COP(=O)(O)OP(=O)(O)OP(=O)(O)OC)C(O)C1O. The second-order valence-corrected chi connectivity index (χ2v) is 11.1. The summed E-state index contributed by atoms with van der Waals surface area (Å²) >= 11 is 0. The van der Waals surface area contributed by atoms with Crippen molar-refractivity contribution in [1.29, 1.82) is 0 Å². The van der Waals surface area contributed by atoms with Crippen LogP contribution in [0.25, 0.3) is 11.2 Å². The summed E-state index contributed by atoms with van der Waals surface area (Å²) < 4.78 is 57.7. The van der Waals surface area contributed by atoms with Gasteiger partial charge in [0, 0.05) is 14.2 Å². The monoisotopic (exact) mass is 535 g/mol. The van der Waals surface area contributed by atoms with Gasteiger partial charge in [0.2, 0.25) is 0 Å². The van der Waals surface area contributed by atoms with Crippen molar-refractivity contribution in [3.63, 3.8) is 0 Å². The Kier molecular flexibility index (Phi) is 7.73. The standard InChI is InChI=1S/C12H20N5O13P3/c1-13-10-7-11(15-4-14-10)17(5-16-7)12-9(19)8(18)6(28-12)3-27-32(22,23)30-33(24,25)29-31(20,21)26-2/h4-6,8-9,12,18-19H,3H2,1-2H3,(H,20,21)(H,22,23)(H,24,25)(H,13,14,15). The maximum Gasteiger partial charge on any atom is 0.490 e. The molecule has 3 rings (SSSR count). The average molecular weight is 535 g/mol. The molecular formula is C12H20N5O13P3. The fourth-order valence-corrected chi connectivity index (χ4v) is 6.08. The maximum absolute atomic E-state index is 12.0. The summed E-state index contributed by atoms with van der Waals surface area (Å²) in [5, 5.41) is 23.4. The van der Waals surface area contributed by atoms with Crippen LogP contribution in [-0.2, 0) is 36.1 Å². The lowest BCUT2D eigenvalue weighted by atomic mass is 10.1. The number of hydrogen-bond acceptors (Lipinski definition) is 14. The maximum atomic E-state index is 12.0. The van der Waals surface area contributed by atoms with Crippen LogP contribution >= 0.6 is 23.5 Å². The van der Waals surface area contributed by atoms with Crippen LogP contribution in [-0.4, -0.2) is 83.5 Å². The van der Waals surface area contributed by atoms with Crippen LogP contribution in [0.1, 0.15) is 6.23 Å². The minimum absolute atomic E-state index is 0.244. The highest BCUT2D eigenvalue weighted by atomic mass is 31.3. The molecular weight excluding hydrogens is 515 g/mol. The van der Waals surface area contributed by atoms with Crippen molar-refractivity contribution < 1.29 is 61.0 Å². The van der Waals surface area contributed by atoms with Crippen LogP contribution in [0.5, 0.6) is 0 Å². The summed E-state index contributed by atoms with van der Waals surface area (Å²) in [5.41, 5.74) is 0.586. The lowest BCUT2D eigenvalue weighted by molar-refractivity contribution is -0.0503. The smallest absolute Gasteiger partial charge is 0.387 e. The van der Waals surface area contributed by atoms with Crippen molar-refractivity contribution in [2.24, 2.45) is 0 Å². The van der Waals surface area contributed by atoms with E-state index in [9.17, 15) is 33.7 Å². The molecule has 0 saturated carbocycles. The minimum atomic E-state index is -5.59. The number of phosphoric ester groups is 2. The fraction of sp³-hybridized carbons (Fsp3) is 0.583. The van der Waals surface area contributed by atoms with Crippen LogP contribution in [0.15, 0.2) is 12.7 Å². The molecule has 6 N–H and O–H groups in total. The number of fused-ring (bicyclic) bond motifs is 1. The van der Waals surface area contributed by atoms with Gasteiger partial charge in [-0.1, -0.05) is 0 Å². The molecule has 7 atom stereocenters. The number of aromatic nitrogens is 4. The quantitative estimate of drug-likeness (QED) is 0.209. The molecule has 2 aromatic rings. The van der Waals surface area contributed by atoms with Gasteiger partial charge in [-0.15, -0.1) is 0 Å². The Morgan fingerprint density at radius 2 is 1.73 bits per heavy atom. The van der Waals surface area contributed by atoms with E-state index in [0.717, 1.165) is 0 Å². The third-order valence-corrected chi connectivity index (χ3v) is 8.49. The van der Waals surface area contributed by atoms with Gasteiger partial charge >= 0.3 is 23.5 Å². The molecule has 1 saturated heterocycles. The molecule has 0 amide bonds. The van der Waals surface area contributed by atoms with Gasteiger partial charge in [0.1, 0.15) is 30.2 Å². The molecule has 21 heteroatoms. The summed E-state index contributed by atoms with van der Waals surface area (Å²) in [6.07, 6.45) is -3.36. The van der Waals surface area contributed by atoms with Gasteiger partial charge in [-0.2, -0.15) is 8.62 Å². The molecule has 0 radical (unpaired) electrons. The molecule has 1 fully saturated rings. The predicted molar refractivity (Wildman–Crippen MR) is 105 cm³/mol. The molecule has 2 aromatic heterocycles. The van der Waals surface area contributed by atoms with E-state index >= 15 is 0 Å². The van der Waals surface area contributed by atoms with Crippen molar-refractivity contribution in [2.45, 2.75) is 24.5 Å². The summed E-state index contributed by atoms with van der Waals surface area (Å²) in [6, 6.07) is 0. The van der Waals surface area contributed by atoms with Crippen LogP contribution in [0, 0.1) is 0 Å². The number of aliphatic hydroxyl groups excluding tert-OH is 2. The average Bonchev–Trinajstić information content (AvgIpc) is 3.26. The highest BCUT2D eigenvalue weighted by molar-refractivity contribution is 7.66. The van der Waals surface area contributed by atoms with Gasteiger partial charge in [-0.05, 0) is 0 Å². The van der Waals surface area contributed by atoms with Gasteiger partial charge in [0.15, 0.2) is 17.7 Å². The third-order valence-electron chi connectivity index (χ3n) is 4.25. The van der Waals surface area contributed by atoms with Gasteiger partial charge < -0.3 is 34.9 Å². The van der Waals surface area contributed by atoms with Gasteiger partial charge in [0.05, 0.1) is 12.9 Å². The molecule has 0 bridgehead atoms. The van der Waals surface area contributed by atoms with Crippen molar-refractivity contribution in [3.05, 3.63) is 12.7 Å². The topological polar surface area (TPSA) is 254 Å². The van der Waals surface area contributed by atoms with Crippen molar-refractivity contribution in [3.8, 4) is 0 Å². The second kappa shape index (κ2) is 9.71. The summed E-state index contributed by atoms with van der Waals surface area (Å²) in [5.74, 6) is 0.390. The Morgan fingerprint density at radius 3 is 2.36 bits per heavy atom. The zero-order valence-corrected chi connectivity index (χ0v) is 19.5. The molecule has 3 heterocycles. The summed E-state index contributed by atoms with van der Waals surface area (Å²) in [6.45, 7) is -0.910. The van der Waals surface area contributed by atoms with E-state index < -0.39 is 54.6 Å². The predicted octanol–water partition coefficient (Wildman–Crippen LogP) is -0.515. The Bertz CT molecular complexity index is 1150. The first-order valence-corrected chi connectivity index (χ1v) is 13.3. The van der Waals surface area contributed by atoms with E-state index in [1.165, 1.54) is 17.2 Å². The Labute approximate surface area is 184 Å². The molecule has 0 aliphatic carbocycles. The molecule has 1 aliphatic heterocycles. The number of ether oxygens (including phenoxy) is 1. The number of hydrogen-bond donors (Lipinski definition) is 6. The van der Waals surface area contributed by atoms with Crippen molar-refractivity contribution in [2.75, 3.05) is 26.1 Å². The Morgan fingerprint density at radius 1 is 1.06 bits per heavy atom. The molecule has 186 valence electrons. The van der Waals surface area contributed by atoms with Crippen molar-refractivity contribution >= 4 is 40.4 Å². The second-order valence-electron chi connectivity index (χ2n) is 6.39. The number of imidazole rings is 1. The zero-order chi connectivity index (χ0) is 24.6. The first-order chi connectivity index (χ1) is 15.3.